The molecule has 0 spiro atoms. The van der Waals surface area contributed by atoms with Gasteiger partial charge in [-0.1, -0.05) is 19.1 Å². The van der Waals surface area contributed by atoms with Crippen molar-refractivity contribution in [3.05, 3.63) is 47.8 Å². The van der Waals surface area contributed by atoms with Gasteiger partial charge in [0, 0.05) is 5.69 Å². The first-order chi connectivity index (χ1) is 10.5. The second-order valence-corrected chi connectivity index (χ2v) is 4.69. The van der Waals surface area contributed by atoms with Gasteiger partial charge in [-0.3, -0.25) is 0 Å². The maximum atomic E-state index is 12.8. The minimum absolute atomic E-state index is 0.0418. The fourth-order valence-corrected chi connectivity index (χ4v) is 2.05. The van der Waals surface area contributed by atoms with Gasteiger partial charge in [-0.2, -0.15) is 17.7 Å². The first kappa shape index (κ1) is 14.3. The summed E-state index contributed by atoms with van der Waals surface area (Å²) in [5, 5.41) is 13.5. The Bertz CT molecular complexity index is 810. The van der Waals surface area contributed by atoms with Crippen molar-refractivity contribution in [1.82, 2.24) is 19.8 Å². The number of fused-ring (bicyclic) bond motifs is 1. The highest BCUT2D eigenvalue weighted by molar-refractivity contribution is 5.58. The number of halogens is 3. The number of rotatable bonds is 3. The third-order valence-corrected chi connectivity index (χ3v) is 3.12. The molecule has 0 aliphatic rings. The van der Waals surface area contributed by atoms with Crippen LogP contribution >= 0.6 is 0 Å². The number of hydrogen-bond donors (Lipinski definition) is 1. The van der Waals surface area contributed by atoms with Crippen LogP contribution in [0.2, 0.25) is 0 Å². The normalized spacial score (nSPS) is 11.8. The number of aryl methyl sites for hydroxylation is 1. The Labute approximate surface area is 123 Å². The molecule has 5 nitrogen and oxygen atoms in total. The molecule has 2 aromatic heterocycles. The molecule has 0 radical (unpaired) electrons. The fourth-order valence-electron chi connectivity index (χ4n) is 2.05. The summed E-state index contributed by atoms with van der Waals surface area (Å²) >= 11 is 0. The van der Waals surface area contributed by atoms with Crippen LogP contribution in [0.25, 0.3) is 5.65 Å². The van der Waals surface area contributed by atoms with E-state index in [1.54, 1.807) is 6.07 Å². The van der Waals surface area contributed by atoms with Crippen molar-refractivity contribution < 1.29 is 13.2 Å². The summed E-state index contributed by atoms with van der Waals surface area (Å²) in [6.07, 6.45) is -3.74. The van der Waals surface area contributed by atoms with Gasteiger partial charge in [-0.05, 0) is 36.2 Å². The van der Waals surface area contributed by atoms with Crippen LogP contribution in [0.4, 0.5) is 24.7 Å². The maximum absolute atomic E-state index is 12.8. The number of nitrogens with zero attached hydrogens (tertiary/aromatic N) is 4. The highest BCUT2D eigenvalue weighted by Gasteiger charge is 2.37. The lowest BCUT2D eigenvalue weighted by Crippen LogP contribution is -2.13. The highest BCUT2D eigenvalue weighted by atomic mass is 19.4. The second kappa shape index (κ2) is 5.28. The quantitative estimate of drug-likeness (QED) is 0.805. The summed E-state index contributed by atoms with van der Waals surface area (Å²) in [5.74, 6) is -0.862. The van der Waals surface area contributed by atoms with Gasteiger partial charge in [-0.15, -0.1) is 15.3 Å². The zero-order valence-corrected chi connectivity index (χ0v) is 11.6. The van der Waals surface area contributed by atoms with Gasteiger partial charge in [0.15, 0.2) is 11.5 Å². The Morgan fingerprint density at radius 3 is 2.68 bits per heavy atom. The summed E-state index contributed by atoms with van der Waals surface area (Å²) in [5.41, 5.74) is 1.92. The van der Waals surface area contributed by atoms with Crippen molar-refractivity contribution in [3.63, 3.8) is 0 Å². The van der Waals surface area contributed by atoms with Crippen molar-refractivity contribution in [3.8, 4) is 0 Å². The largest absolute Gasteiger partial charge is 0.453 e. The average molecular weight is 307 g/mol. The molecule has 0 fully saturated rings. The van der Waals surface area contributed by atoms with E-state index in [0.29, 0.717) is 4.52 Å². The van der Waals surface area contributed by atoms with Crippen LogP contribution in [-0.2, 0) is 12.6 Å². The van der Waals surface area contributed by atoms with Gasteiger partial charge in [0.2, 0.25) is 0 Å². The smallest absolute Gasteiger partial charge is 0.339 e. The number of anilines is 2. The zero-order valence-electron chi connectivity index (χ0n) is 11.6. The molecule has 0 aliphatic heterocycles. The van der Waals surface area contributed by atoms with Gasteiger partial charge in [0.25, 0.3) is 5.82 Å². The van der Waals surface area contributed by atoms with Crippen LogP contribution < -0.4 is 5.32 Å². The van der Waals surface area contributed by atoms with Gasteiger partial charge >= 0.3 is 6.18 Å². The summed E-state index contributed by atoms with van der Waals surface area (Å²) in [7, 11) is 0. The minimum Gasteiger partial charge on any atom is -0.339 e. The van der Waals surface area contributed by atoms with Crippen molar-refractivity contribution in [2.24, 2.45) is 0 Å². The van der Waals surface area contributed by atoms with Gasteiger partial charge in [0.1, 0.15) is 0 Å². The molecule has 22 heavy (non-hydrogen) atoms. The van der Waals surface area contributed by atoms with Crippen LogP contribution in [0.1, 0.15) is 18.3 Å². The first-order valence-electron chi connectivity index (χ1n) is 6.63. The molecule has 0 bridgehead atoms. The third-order valence-electron chi connectivity index (χ3n) is 3.12. The Balaban J connectivity index is 1.97. The SMILES string of the molecule is CCc1cccc(Nc2ccc3nnc(C(F)(F)F)n3n2)c1. The zero-order chi connectivity index (χ0) is 15.7. The third kappa shape index (κ3) is 2.72. The summed E-state index contributed by atoms with van der Waals surface area (Å²) < 4.78 is 39.2. The van der Waals surface area contributed by atoms with Gasteiger partial charge in [0.05, 0.1) is 0 Å². The molecule has 1 N–H and O–H groups in total. The van der Waals surface area contributed by atoms with Crippen LogP contribution in [0.5, 0.6) is 0 Å². The molecule has 3 rings (SSSR count). The fraction of sp³-hybridized carbons (Fsp3) is 0.214. The first-order valence-corrected chi connectivity index (χ1v) is 6.63. The van der Waals surface area contributed by atoms with E-state index in [-0.39, 0.29) is 11.5 Å². The van der Waals surface area contributed by atoms with Crippen LogP contribution in [0.3, 0.4) is 0 Å². The molecule has 3 aromatic rings. The Kier molecular flexibility index (Phi) is 3.44. The number of nitrogens with one attached hydrogen (secondary N) is 1. The van der Waals surface area contributed by atoms with E-state index >= 15 is 0 Å². The van der Waals surface area contributed by atoms with Gasteiger partial charge in [-0.25, -0.2) is 0 Å². The lowest BCUT2D eigenvalue weighted by molar-refractivity contribution is -0.146. The van der Waals surface area contributed by atoms with Crippen molar-refractivity contribution in [2.45, 2.75) is 19.5 Å². The molecule has 0 aliphatic carbocycles. The van der Waals surface area contributed by atoms with E-state index in [1.807, 2.05) is 31.2 Å². The Morgan fingerprint density at radius 1 is 1.14 bits per heavy atom. The number of benzene rings is 1. The van der Waals surface area contributed by atoms with E-state index in [1.165, 1.54) is 6.07 Å². The van der Waals surface area contributed by atoms with Crippen molar-refractivity contribution in [1.29, 1.82) is 0 Å². The van der Waals surface area contributed by atoms with E-state index in [2.05, 4.69) is 20.6 Å². The van der Waals surface area contributed by atoms with E-state index in [9.17, 15) is 13.2 Å². The monoisotopic (exact) mass is 307 g/mol. The lowest BCUT2D eigenvalue weighted by atomic mass is 10.1. The van der Waals surface area contributed by atoms with Crippen molar-refractivity contribution in [2.75, 3.05) is 5.32 Å². The van der Waals surface area contributed by atoms with Crippen LogP contribution in [0, 0.1) is 0 Å². The molecule has 1 aromatic carbocycles. The van der Waals surface area contributed by atoms with E-state index in [4.69, 9.17) is 0 Å². The molecule has 2 heterocycles. The molecule has 114 valence electrons. The number of aromatic nitrogens is 4. The standard InChI is InChI=1S/C14H12F3N5/c1-2-9-4-3-5-10(8-9)18-11-6-7-12-19-20-13(14(15,16)17)22(12)21-11/h3-8H,2H2,1H3,(H,18,21). The molecule has 0 saturated carbocycles. The van der Waals surface area contributed by atoms with Crippen LogP contribution in [0.15, 0.2) is 36.4 Å². The van der Waals surface area contributed by atoms with Crippen molar-refractivity contribution >= 4 is 17.2 Å². The molecule has 0 saturated heterocycles. The van der Waals surface area contributed by atoms with E-state index < -0.39 is 12.0 Å². The van der Waals surface area contributed by atoms with Gasteiger partial charge < -0.3 is 5.32 Å². The molecular formula is C14H12F3N5. The minimum atomic E-state index is -4.60. The molecule has 0 amide bonds. The average Bonchev–Trinajstić information content (AvgIpc) is 2.90. The molecule has 8 heteroatoms. The second-order valence-electron chi connectivity index (χ2n) is 4.69. The number of alkyl halides is 3. The molecule has 0 unspecified atom stereocenters. The Hall–Kier alpha value is -2.64. The topological polar surface area (TPSA) is 55.1 Å². The predicted octanol–water partition coefficient (Wildman–Crippen LogP) is 3.45. The predicted molar refractivity (Wildman–Crippen MR) is 74.9 cm³/mol. The summed E-state index contributed by atoms with van der Waals surface area (Å²) in [6, 6.07) is 10.6. The van der Waals surface area contributed by atoms with Crippen LogP contribution in [-0.4, -0.2) is 19.8 Å². The molecular weight excluding hydrogens is 295 g/mol. The lowest BCUT2D eigenvalue weighted by Gasteiger charge is -2.08. The van der Waals surface area contributed by atoms with E-state index in [0.717, 1.165) is 17.7 Å². The number of hydrogen-bond acceptors (Lipinski definition) is 4. The molecule has 0 atom stereocenters. The summed E-state index contributed by atoms with van der Waals surface area (Å²) in [4.78, 5) is 0. The summed E-state index contributed by atoms with van der Waals surface area (Å²) in [6.45, 7) is 2.02. The highest BCUT2D eigenvalue weighted by Crippen LogP contribution is 2.27. The Morgan fingerprint density at radius 2 is 1.95 bits per heavy atom. The maximum Gasteiger partial charge on any atom is 0.453 e.